The topological polar surface area (TPSA) is 70.7 Å². The van der Waals surface area contributed by atoms with Crippen molar-refractivity contribution in [3.8, 4) is 0 Å². The Bertz CT molecular complexity index is 400. The molecule has 2 amide bonds. The summed E-state index contributed by atoms with van der Waals surface area (Å²) in [5, 5.41) is 5.46. The molecular formula is C13H21N3O3. The van der Waals surface area contributed by atoms with Gasteiger partial charge in [0.2, 0.25) is 0 Å². The van der Waals surface area contributed by atoms with Gasteiger partial charge < -0.3 is 15.4 Å². The molecule has 19 heavy (non-hydrogen) atoms. The molecule has 2 heterocycles. The summed E-state index contributed by atoms with van der Waals surface area (Å²) >= 11 is 0. The van der Waals surface area contributed by atoms with Gasteiger partial charge >= 0.3 is 12.0 Å². The van der Waals surface area contributed by atoms with Gasteiger partial charge in [-0.2, -0.15) is 0 Å². The molecule has 0 radical (unpaired) electrons. The predicted molar refractivity (Wildman–Crippen MR) is 70.2 cm³/mol. The minimum absolute atomic E-state index is 0.263. The summed E-state index contributed by atoms with van der Waals surface area (Å²) in [5.74, 6) is -0.358. The van der Waals surface area contributed by atoms with Crippen LogP contribution in [0.25, 0.3) is 0 Å². The minimum Gasteiger partial charge on any atom is -0.462 e. The summed E-state index contributed by atoms with van der Waals surface area (Å²) < 4.78 is 5.09. The van der Waals surface area contributed by atoms with Gasteiger partial charge in [-0.05, 0) is 26.7 Å². The van der Waals surface area contributed by atoms with Gasteiger partial charge in [0.05, 0.1) is 12.2 Å². The van der Waals surface area contributed by atoms with E-state index < -0.39 is 0 Å². The molecule has 1 saturated heterocycles. The summed E-state index contributed by atoms with van der Waals surface area (Å²) in [5.41, 5.74) is 1.10. The van der Waals surface area contributed by atoms with Crippen molar-refractivity contribution >= 4 is 12.0 Å². The second-order valence-corrected chi connectivity index (χ2v) is 4.86. The van der Waals surface area contributed by atoms with Crippen molar-refractivity contribution < 1.29 is 14.3 Å². The van der Waals surface area contributed by atoms with Crippen molar-refractivity contribution in [2.24, 2.45) is 0 Å². The molecule has 6 nitrogen and oxygen atoms in total. The lowest BCUT2D eigenvalue weighted by Gasteiger charge is -2.38. The number of carbonyl (C=O) groups is 2. The average Bonchev–Trinajstić information content (AvgIpc) is 2.39. The third-order valence-corrected chi connectivity index (χ3v) is 3.50. The van der Waals surface area contributed by atoms with E-state index in [4.69, 9.17) is 4.74 Å². The molecule has 2 aliphatic rings. The van der Waals surface area contributed by atoms with E-state index in [2.05, 4.69) is 15.5 Å². The Morgan fingerprint density at radius 3 is 2.68 bits per heavy atom. The number of hydrogen-bond donors (Lipinski definition) is 2. The maximum Gasteiger partial charge on any atom is 0.339 e. The summed E-state index contributed by atoms with van der Waals surface area (Å²) in [4.78, 5) is 25.8. The highest BCUT2D eigenvalue weighted by atomic mass is 16.5. The Hall–Kier alpha value is -1.56. The second kappa shape index (κ2) is 6.06. The Morgan fingerprint density at radius 2 is 2.05 bits per heavy atom. The number of urea groups is 1. The van der Waals surface area contributed by atoms with Gasteiger partial charge in [0.25, 0.3) is 0 Å². The molecule has 0 saturated carbocycles. The first-order chi connectivity index (χ1) is 9.13. The lowest BCUT2D eigenvalue weighted by Crippen LogP contribution is -2.58. The number of carbonyl (C=O) groups excluding carboxylic acids is 2. The van der Waals surface area contributed by atoms with Crippen molar-refractivity contribution in [2.75, 3.05) is 19.7 Å². The van der Waals surface area contributed by atoms with Crippen LogP contribution in [0.4, 0.5) is 4.79 Å². The quantitative estimate of drug-likeness (QED) is 0.747. The first kappa shape index (κ1) is 13.9. The highest BCUT2D eigenvalue weighted by Gasteiger charge is 2.35. The van der Waals surface area contributed by atoms with Gasteiger partial charge in [-0.3, -0.25) is 4.90 Å². The molecule has 0 spiro atoms. The zero-order chi connectivity index (χ0) is 13.8. The number of nitrogens with one attached hydrogen (secondary N) is 2. The molecule has 0 bridgehead atoms. The normalized spacial score (nSPS) is 24.7. The number of piperidine rings is 1. The maximum atomic E-state index is 12.1. The van der Waals surface area contributed by atoms with Crippen molar-refractivity contribution in [3.63, 3.8) is 0 Å². The van der Waals surface area contributed by atoms with Crippen molar-refractivity contribution in [1.82, 2.24) is 15.5 Å². The highest BCUT2D eigenvalue weighted by Crippen LogP contribution is 2.21. The van der Waals surface area contributed by atoms with Gasteiger partial charge in [-0.15, -0.1) is 0 Å². The lowest BCUT2D eigenvalue weighted by atomic mass is 10.0. The smallest absolute Gasteiger partial charge is 0.339 e. The molecule has 0 aromatic carbocycles. The molecule has 106 valence electrons. The third-order valence-electron chi connectivity index (χ3n) is 3.50. The van der Waals surface area contributed by atoms with E-state index in [-0.39, 0.29) is 18.2 Å². The number of amides is 2. The summed E-state index contributed by atoms with van der Waals surface area (Å²) in [6.45, 7) is 5.62. The summed E-state index contributed by atoms with van der Waals surface area (Å²) in [6.07, 6.45) is 3.02. The zero-order valence-electron chi connectivity index (χ0n) is 11.5. The highest BCUT2D eigenvalue weighted by molar-refractivity contribution is 5.94. The number of esters is 1. The first-order valence-corrected chi connectivity index (χ1v) is 6.83. The van der Waals surface area contributed by atoms with E-state index in [1.807, 2.05) is 0 Å². The molecule has 0 aromatic heterocycles. The lowest BCUT2D eigenvalue weighted by molar-refractivity contribution is -0.139. The molecule has 2 N–H and O–H groups in total. The van der Waals surface area contributed by atoms with Crippen LogP contribution >= 0.6 is 0 Å². The monoisotopic (exact) mass is 267 g/mol. The molecule has 1 fully saturated rings. The molecule has 1 atom stereocenters. The van der Waals surface area contributed by atoms with Gasteiger partial charge in [-0.25, -0.2) is 9.59 Å². The van der Waals surface area contributed by atoms with E-state index in [0.29, 0.717) is 17.9 Å². The molecule has 2 aliphatic heterocycles. The molecule has 2 rings (SSSR count). The van der Waals surface area contributed by atoms with Gasteiger partial charge in [0.15, 0.2) is 0 Å². The van der Waals surface area contributed by atoms with Crippen molar-refractivity contribution in [2.45, 2.75) is 39.3 Å². The van der Waals surface area contributed by atoms with Crippen LogP contribution in [-0.4, -0.2) is 42.8 Å². The first-order valence-electron chi connectivity index (χ1n) is 6.83. The average molecular weight is 267 g/mol. The van der Waals surface area contributed by atoms with Gasteiger partial charge in [-0.1, -0.05) is 6.42 Å². The largest absolute Gasteiger partial charge is 0.462 e. The van der Waals surface area contributed by atoms with Crippen LogP contribution in [0.1, 0.15) is 33.1 Å². The minimum atomic E-state index is -0.368. The number of rotatable bonds is 3. The molecule has 0 aliphatic carbocycles. The molecule has 1 unspecified atom stereocenters. The van der Waals surface area contributed by atoms with E-state index in [1.165, 1.54) is 6.42 Å². The maximum absolute atomic E-state index is 12.1. The van der Waals surface area contributed by atoms with Crippen LogP contribution in [0.3, 0.4) is 0 Å². The van der Waals surface area contributed by atoms with Crippen LogP contribution in [0.15, 0.2) is 11.3 Å². The number of nitrogens with zero attached hydrogens (tertiary/aromatic N) is 1. The Labute approximate surface area is 113 Å². The SMILES string of the molecule is CCOC(=O)C1=C(C)NC(=O)NC1N1CCCCC1. The summed E-state index contributed by atoms with van der Waals surface area (Å²) in [6, 6.07) is -0.263. The van der Waals surface area contributed by atoms with Crippen molar-refractivity contribution in [3.05, 3.63) is 11.3 Å². The fourth-order valence-corrected chi connectivity index (χ4v) is 2.60. The number of hydrogen-bond acceptors (Lipinski definition) is 4. The molecular weight excluding hydrogens is 246 g/mol. The van der Waals surface area contributed by atoms with Crippen LogP contribution in [0, 0.1) is 0 Å². The van der Waals surface area contributed by atoms with Crippen LogP contribution in [0.5, 0.6) is 0 Å². The number of allylic oxidation sites excluding steroid dienone is 1. The van der Waals surface area contributed by atoms with E-state index in [0.717, 1.165) is 25.9 Å². The van der Waals surface area contributed by atoms with Crippen LogP contribution in [-0.2, 0) is 9.53 Å². The van der Waals surface area contributed by atoms with E-state index in [1.54, 1.807) is 13.8 Å². The Kier molecular flexibility index (Phi) is 4.42. The van der Waals surface area contributed by atoms with Crippen LogP contribution < -0.4 is 10.6 Å². The molecule has 0 aromatic rings. The fraction of sp³-hybridized carbons (Fsp3) is 0.692. The summed E-state index contributed by atoms with van der Waals surface area (Å²) in [7, 11) is 0. The Balaban J connectivity index is 2.23. The molecule has 6 heteroatoms. The van der Waals surface area contributed by atoms with Crippen molar-refractivity contribution in [1.29, 1.82) is 0 Å². The van der Waals surface area contributed by atoms with Gasteiger partial charge in [0.1, 0.15) is 6.17 Å². The zero-order valence-corrected chi connectivity index (χ0v) is 11.5. The predicted octanol–water partition coefficient (Wildman–Crippen LogP) is 0.948. The number of ether oxygens (including phenoxy) is 1. The third kappa shape index (κ3) is 3.07. The Morgan fingerprint density at radius 1 is 1.37 bits per heavy atom. The second-order valence-electron chi connectivity index (χ2n) is 4.86. The van der Waals surface area contributed by atoms with Crippen LogP contribution in [0.2, 0.25) is 0 Å². The van der Waals surface area contributed by atoms with E-state index >= 15 is 0 Å². The van der Waals surface area contributed by atoms with E-state index in [9.17, 15) is 9.59 Å². The standard InChI is InChI=1S/C13H21N3O3/c1-3-19-12(17)10-9(2)14-13(18)15-11(10)16-7-5-4-6-8-16/h11H,3-8H2,1-2H3,(H2,14,15,18). The fourth-order valence-electron chi connectivity index (χ4n) is 2.60. The number of likely N-dealkylation sites (tertiary alicyclic amines) is 1. The van der Waals surface area contributed by atoms with Gasteiger partial charge in [0, 0.05) is 18.8 Å².